The Kier molecular flexibility index (Phi) is 9.45. The Bertz CT molecular complexity index is 371. The number of rotatable bonds is 11. The molecule has 20 heavy (non-hydrogen) atoms. The monoisotopic (exact) mass is 346 g/mol. The van der Waals surface area contributed by atoms with E-state index in [0.29, 0.717) is 33.0 Å². The van der Waals surface area contributed by atoms with E-state index in [-0.39, 0.29) is 0 Å². The largest absolute Gasteiger partial charge is 0.493 e. The van der Waals surface area contributed by atoms with Crippen molar-refractivity contribution in [2.45, 2.75) is 18.7 Å². The van der Waals surface area contributed by atoms with E-state index < -0.39 is 0 Å². The molecule has 0 bridgehead atoms. The molecule has 0 saturated heterocycles. The van der Waals surface area contributed by atoms with E-state index in [9.17, 15) is 0 Å². The van der Waals surface area contributed by atoms with Crippen molar-refractivity contribution >= 4 is 15.9 Å². The van der Waals surface area contributed by atoms with Gasteiger partial charge in [0, 0.05) is 24.1 Å². The van der Waals surface area contributed by atoms with Gasteiger partial charge in [0.1, 0.15) is 18.1 Å². The first-order chi connectivity index (χ1) is 9.81. The number of methoxy groups -OCH3 is 1. The maximum atomic E-state index is 5.75. The van der Waals surface area contributed by atoms with Crippen LogP contribution >= 0.6 is 15.9 Å². The van der Waals surface area contributed by atoms with Crippen LogP contribution in [0.25, 0.3) is 0 Å². The molecule has 0 saturated carbocycles. The fraction of sp³-hybridized carbons (Fsp3) is 0.600. The van der Waals surface area contributed by atoms with Crippen LogP contribution in [0.2, 0.25) is 0 Å². The molecular weight excluding hydrogens is 324 g/mol. The Morgan fingerprint density at radius 2 is 1.80 bits per heavy atom. The molecule has 0 heterocycles. The molecule has 0 aliphatic carbocycles. The van der Waals surface area contributed by atoms with E-state index in [2.05, 4.69) is 22.9 Å². The minimum Gasteiger partial charge on any atom is -0.493 e. The van der Waals surface area contributed by atoms with Crippen molar-refractivity contribution < 1.29 is 18.9 Å². The molecule has 0 unspecified atom stereocenters. The number of hydrogen-bond acceptors (Lipinski definition) is 4. The first-order valence-electron chi connectivity index (χ1n) is 6.83. The molecule has 4 nitrogen and oxygen atoms in total. The highest BCUT2D eigenvalue weighted by atomic mass is 79.9. The third-order valence-electron chi connectivity index (χ3n) is 2.57. The van der Waals surface area contributed by atoms with Gasteiger partial charge in [0.25, 0.3) is 0 Å². The highest BCUT2D eigenvalue weighted by Crippen LogP contribution is 2.26. The molecule has 5 heteroatoms. The minimum absolute atomic E-state index is 0.515. The second-order valence-corrected chi connectivity index (χ2v) is 4.77. The average molecular weight is 347 g/mol. The maximum absolute atomic E-state index is 5.75. The summed E-state index contributed by atoms with van der Waals surface area (Å²) in [6, 6.07) is 5.91. The van der Waals surface area contributed by atoms with E-state index in [1.165, 1.54) is 0 Å². The maximum Gasteiger partial charge on any atom is 0.127 e. The van der Waals surface area contributed by atoms with E-state index in [1.54, 1.807) is 7.11 Å². The van der Waals surface area contributed by atoms with Crippen molar-refractivity contribution in [3.8, 4) is 11.5 Å². The quantitative estimate of drug-likeness (QED) is 0.454. The van der Waals surface area contributed by atoms with Crippen LogP contribution in [0.15, 0.2) is 18.2 Å². The lowest BCUT2D eigenvalue weighted by molar-refractivity contribution is 0.0542. The first-order valence-corrected chi connectivity index (χ1v) is 7.95. The zero-order chi connectivity index (χ0) is 14.6. The van der Waals surface area contributed by atoms with Gasteiger partial charge in [-0.15, -0.1) is 0 Å². The summed E-state index contributed by atoms with van der Waals surface area (Å²) in [4.78, 5) is 0. The number of ether oxygens (including phenoxy) is 4. The normalized spacial score (nSPS) is 10.6. The van der Waals surface area contributed by atoms with Crippen LogP contribution < -0.4 is 9.47 Å². The molecule has 1 rings (SSSR count). The van der Waals surface area contributed by atoms with E-state index in [4.69, 9.17) is 18.9 Å². The predicted octanol–water partition coefficient (Wildman–Crippen LogP) is 3.41. The molecule has 1 aromatic carbocycles. The van der Waals surface area contributed by atoms with Gasteiger partial charge in [-0.25, -0.2) is 0 Å². The van der Waals surface area contributed by atoms with Gasteiger partial charge in [-0.2, -0.15) is 0 Å². The Morgan fingerprint density at radius 3 is 2.50 bits per heavy atom. The fourth-order valence-electron chi connectivity index (χ4n) is 1.54. The zero-order valence-corrected chi connectivity index (χ0v) is 13.8. The molecule has 0 aromatic heterocycles. The summed E-state index contributed by atoms with van der Waals surface area (Å²) >= 11 is 3.46. The van der Waals surface area contributed by atoms with Crippen LogP contribution in [0.3, 0.4) is 0 Å². The molecule has 0 fully saturated rings. The molecule has 0 atom stereocenters. The molecule has 0 spiro atoms. The van der Waals surface area contributed by atoms with Crippen LogP contribution in [0.5, 0.6) is 11.5 Å². The standard InChI is InChI=1S/C15H23BrO4/c1-3-6-19-14-5-4-13(12-16)15(11-14)20-10-9-18-8-7-17-2/h4-5,11H,3,6-10,12H2,1-2H3. The number of halogens is 1. The fourth-order valence-corrected chi connectivity index (χ4v) is 2.01. The predicted molar refractivity (Wildman–Crippen MR) is 83.0 cm³/mol. The van der Waals surface area contributed by atoms with Crippen LogP contribution in [0.4, 0.5) is 0 Å². The molecule has 114 valence electrons. The Morgan fingerprint density at radius 1 is 1.00 bits per heavy atom. The van der Waals surface area contributed by atoms with Crippen LogP contribution in [0, 0.1) is 0 Å². The van der Waals surface area contributed by atoms with Crippen molar-refractivity contribution in [2.75, 3.05) is 40.1 Å². The topological polar surface area (TPSA) is 36.9 Å². The zero-order valence-electron chi connectivity index (χ0n) is 12.2. The van der Waals surface area contributed by atoms with Gasteiger partial charge in [-0.05, 0) is 12.5 Å². The number of hydrogen-bond donors (Lipinski definition) is 0. The lowest BCUT2D eigenvalue weighted by Gasteiger charge is -2.12. The molecular formula is C15H23BrO4. The first kappa shape index (κ1) is 17.3. The van der Waals surface area contributed by atoms with Gasteiger partial charge in [0.2, 0.25) is 0 Å². The van der Waals surface area contributed by atoms with Crippen molar-refractivity contribution in [1.29, 1.82) is 0 Å². The summed E-state index contributed by atoms with van der Waals surface area (Å²) in [6.45, 7) is 5.05. The lowest BCUT2D eigenvalue weighted by Crippen LogP contribution is -2.10. The van der Waals surface area contributed by atoms with E-state index in [1.807, 2.05) is 18.2 Å². The highest BCUT2D eigenvalue weighted by molar-refractivity contribution is 9.08. The van der Waals surface area contributed by atoms with Gasteiger partial charge in [-0.3, -0.25) is 0 Å². The van der Waals surface area contributed by atoms with Crippen LogP contribution in [-0.4, -0.2) is 40.1 Å². The molecule has 0 N–H and O–H groups in total. The summed E-state index contributed by atoms with van der Waals surface area (Å²) in [6.07, 6.45) is 0.990. The van der Waals surface area contributed by atoms with Crippen LogP contribution in [-0.2, 0) is 14.8 Å². The Balaban J connectivity index is 2.44. The Hall–Kier alpha value is -0.780. The Labute approximate surface area is 129 Å². The third kappa shape index (κ3) is 6.59. The smallest absolute Gasteiger partial charge is 0.127 e. The highest BCUT2D eigenvalue weighted by Gasteiger charge is 2.05. The molecule has 0 amide bonds. The molecule has 0 aliphatic rings. The summed E-state index contributed by atoms with van der Waals surface area (Å²) in [5.41, 5.74) is 1.10. The summed E-state index contributed by atoms with van der Waals surface area (Å²) in [5.74, 6) is 1.68. The summed E-state index contributed by atoms with van der Waals surface area (Å²) < 4.78 is 21.6. The number of benzene rings is 1. The van der Waals surface area contributed by atoms with Gasteiger partial charge >= 0.3 is 0 Å². The van der Waals surface area contributed by atoms with E-state index >= 15 is 0 Å². The van der Waals surface area contributed by atoms with Gasteiger partial charge in [-0.1, -0.05) is 28.9 Å². The summed E-state index contributed by atoms with van der Waals surface area (Å²) in [7, 11) is 1.66. The second-order valence-electron chi connectivity index (χ2n) is 4.21. The van der Waals surface area contributed by atoms with Crippen molar-refractivity contribution in [1.82, 2.24) is 0 Å². The third-order valence-corrected chi connectivity index (χ3v) is 3.18. The second kappa shape index (κ2) is 10.9. The SMILES string of the molecule is CCCOc1ccc(CBr)c(OCCOCCOC)c1. The van der Waals surface area contributed by atoms with Crippen molar-refractivity contribution in [3.05, 3.63) is 23.8 Å². The van der Waals surface area contributed by atoms with E-state index in [0.717, 1.165) is 28.8 Å². The number of alkyl halides is 1. The molecule has 0 aliphatic heterocycles. The van der Waals surface area contributed by atoms with Crippen molar-refractivity contribution in [2.24, 2.45) is 0 Å². The average Bonchev–Trinajstić information content (AvgIpc) is 2.48. The lowest BCUT2D eigenvalue weighted by atomic mass is 10.2. The minimum atomic E-state index is 0.515. The van der Waals surface area contributed by atoms with Gasteiger partial charge in [0.05, 0.1) is 26.4 Å². The summed E-state index contributed by atoms with van der Waals surface area (Å²) in [5, 5.41) is 0.751. The molecule has 0 radical (unpaired) electrons. The van der Waals surface area contributed by atoms with Gasteiger partial charge < -0.3 is 18.9 Å². The molecule has 1 aromatic rings. The van der Waals surface area contributed by atoms with Crippen LogP contribution in [0.1, 0.15) is 18.9 Å². The van der Waals surface area contributed by atoms with Gasteiger partial charge in [0.15, 0.2) is 0 Å². The van der Waals surface area contributed by atoms with Crippen molar-refractivity contribution in [3.63, 3.8) is 0 Å².